The Hall–Kier alpha value is -1.60. The number of nitrogens with zero attached hydrogens (tertiary/aromatic N) is 1. The first kappa shape index (κ1) is 14.5. The highest BCUT2D eigenvalue weighted by Crippen LogP contribution is 2.27. The van der Waals surface area contributed by atoms with Gasteiger partial charge in [0.1, 0.15) is 6.07 Å². The molecule has 0 spiro atoms. The van der Waals surface area contributed by atoms with Crippen LogP contribution in [0.1, 0.15) is 26.2 Å². The molecule has 0 saturated carbocycles. The molecule has 18 heavy (non-hydrogen) atoms. The van der Waals surface area contributed by atoms with Crippen LogP contribution in [0.5, 0.6) is 0 Å². The maximum atomic E-state index is 10.8. The zero-order valence-electron chi connectivity index (χ0n) is 11.0. The van der Waals surface area contributed by atoms with E-state index in [0.717, 1.165) is 43.7 Å². The fourth-order valence-electron chi connectivity index (χ4n) is 2.10. The third-order valence-electron chi connectivity index (χ3n) is 2.95. The van der Waals surface area contributed by atoms with E-state index in [4.69, 9.17) is 10.00 Å². The normalized spacial score (nSPS) is 21.8. The number of allylic oxidation sites excluding steroid dienone is 4. The number of carbonyl (C=O) groups is 1. The first-order valence-corrected chi connectivity index (χ1v) is 6.23. The second-order valence-electron chi connectivity index (χ2n) is 4.62. The number of hydrogen-bond donors (Lipinski definition) is 1. The molecular formula is C14H20N2O2. The molecule has 1 unspecified atom stereocenters. The van der Waals surface area contributed by atoms with E-state index in [9.17, 15) is 4.79 Å². The lowest BCUT2D eigenvalue weighted by Crippen LogP contribution is -2.21. The number of methoxy groups -OCH3 is 1. The van der Waals surface area contributed by atoms with Crippen LogP contribution in [-0.4, -0.2) is 26.5 Å². The monoisotopic (exact) mass is 248 g/mol. The van der Waals surface area contributed by atoms with E-state index < -0.39 is 0 Å². The Morgan fingerprint density at radius 2 is 2.44 bits per heavy atom. The fraction of sp³-hybridized carbons (Fsp3) is 0.571. The zero-order valence-corrected chi connectivity index (χ0v) is 11.0. The minimum atomic E-state index is 0.248. The molecule has 0 radical (unpaired) electrons. The second-order valence-corrected chi connectivity index (χ2v) is 4.62. The van der Waals surface area contributed by atoms with Crippen molar-refractivity contribution < 1.29 is 9.53 Å². The van der Waals surface area contributed by atoms with Gasteiger partial charge in [-0.3, -0.25) is 4.79 Å². The standard InChI is InChI=1S/C14H20N2O2/c1-11-6-12(13(9-15)10-17)8-14(7-11)16-4-3-5-18-2/h8,10-11,16H,3-7H2,1-2H3/b13-12-. The highest BCUT2D eigenvalue weighted by molar-refractivity contribution is 5.81. The maximum absolute atomic E-state index is 10.8. The van der Waals surface area contributed by atoms with Gasteiger partial charge in [0.25, 0.3) is 0 Å². The molecule has 0 aromatic heterocycles. The van der Waals surface area contributed by atoms with Crippen LogP contribution in [-0.2, 0) is 9.53 Å². The molecule has 1 atom stereocenters. The summed E-state index contributed by atoms with van der Waals surface area (Å²) in [7, 11) is 1.69. The van der Waals surface area contributed by atoms with Crippen molar-refractivity contribution in [2.75, 3.05) is 20.3 Å². The third-order valence-corrected chi connectivity index (χ3v) is 2.95. The summed E-state index contributed by atoms with van der Waals surface area (Å²) >= 11 is 0. The van der Waals surface area contributed by atoms with Gasteiger partial charge in [0, 0.05) is 26.0 Å². The molecule has 0 saturated heterocycles. The van der Waals surface area contributed by atoms with Crippen LogP contribution in [0.2, 0.25) is 0 Å². The van der Waals surface area contributed by atoms with Gasteiger partial charge in [0.15, 0.2) is 6.29 Å². The summed E-state index contributed by atoms with van der Waals surface area (Å²) in [6.07, 6.45) is 5.30. The van der Waals surface area contributed by atoms with Crippen LogP contribution in [0, 0.1) is 17.2 Å². The van der Waals surface area contributed by atoms with Gasteiger partial charge in [-0.1, -0.05) is 6.92 Å². The number of carbonyl (C=O) groups excluding carboxylic acids is 1. The van der Waals surface area contributed by atoms with E-state index in [1.54, 1.807) is 7.11 Å². The zero-order chi connectivity index (χ0) is 13.4. The predicted octanol–water partition coefficient (Wildman–Crippen LogP) is 1.95. The highest BCUT2D eigenvalue weighted by Gasteiger charge is 2.17. The summed E-state index contributed by atoms with van der Waals surface area (Å²) in [6.45, 7) is 3.71. The van der Waals surface area contributed by atoms with Crippen LogP contribution in [0.15, 0.2) is 22.9 Å². The largest absolute Gasteiger partial charge is 0.388 e. The second kappa shape index (κ2) is 7.67. The molecule has 0 aromatic carbocycles. The van der Waals surface area contributed by atoms with Gasteiger partial charge in [-0.2, -0.15) is 5.26 Å². The van der Waals surface area contributed by atoms with Crippen molar-refractivity contribution in [2.45, 2.75) is 26.2 Å². The minimum Gasteiger partial charge on any atom is -0.388 e. The lowest BCUT2D eigenvalue weighted by molar-refractivity contribution is -0.104. The lowest BCUT2D eigenvalue weighted by atomic mass is 9.88. The summed E-state index contributed by atoms with van der Waals surface area (Å²) < 4.78 is 4.99. The number of hydrogen-bond acceptors (Lipinski definition) is 4. The summed E-state index contributed by atoms with van der Waals surface area (Å²) in [5.74, 6) is 0.457. The van der Waals surface area contributed by atoms with Gasteiger partial charge in [0.2, 0.25) is 0 Å². The Labute approximate surface area is 108 Å². The van der Waals surface area contributed by atoms with Crippen molar-refractivity contribution >= 4 is 6.29 Å². The molecule has 0 aliphatic heterocycles. The van der Waals surface area contributed by atoms with Crippen LogP contribution >= 0.6 is 0 Å². The highest BCUT2D eigenvalue weighted by atomic mass is 16.5. The van der Waals surface area contributed by atoms with Crippen LogP contribution < -0.4 is 5.32 Å². The van der Waals surface area contributed by atoms with Crippen molar-refractivity contribution in [3.63, 3.8) is 0 Å². The molecule has 0 bridgehead atoms. The van der Waals surface area contributed by atoms with Crippen molar-refractivity contribution in [3.05, 3.63) is 22.9 Å². The van der Waals surface area contributed by atoms with Crippen molar-refractivity contribution in [2.24, 2.45) is 5.92 Å². The molecule has 1 rings (SSSR count). The number of nitriles is 1. The SMILES string of the molecule is COCCCNC1=C/C(=C(/C#N)C=O)CC(C)C1. The quantitative estimate of drug-likeness (QED) is 0.338. The van der Waals surface area contributed by atoms with E-state index in [1.165, 1.54) is 0 Å². The third kappa shape index (κ3) is 4.34. The van der Waals surface area contributed by atoms with Crippen molar-refractivity contribution in [1.82, 2.24) is 5.32 Å². The molecule has 1 aliphatic rings. The van der Waals surface area contributed by atoms with Gasteiger partial charge in [-0.05, 0) is 36.8 Å². The Balaban J connectivity index is 2.69. The number of nitrogens with one attached hydrogen (secondary N) is 1. The number of ether oxygens (including phenoxy) is 1. The molecule has 1 N–H and O–H groups in total. The van der Waals surface area contributed by atoms with E-state index in [-0.39, 0.29) is 5.57 Å². The van der Waals surface area contributed by atoms with Gasteiger partial charge in [0.05, 0.1) is 5.57 Å². The molecule has 0 fully saturated rings. The Morgan fingerprint density at radius 1 is 1.67 bits per heavy atom. The Bertz CT molecular complexity index is 391. The van der Waals surface area contributed by atoms with E-state index in [1.807, 2.05) is 12.1 Å². The Morgan fingerprint density at radius 3 is 3.06 bits per heavy atom. The number of aldehydes is 1. The molecule has 1 aliphatic carbocycles. The fourth-order valence-corrected chi connectivity index (χ4v) is 2.10. The smallest absolute Gasteiger partial charge is 0.160 e. The molecule has 0 aromatic rings. The maximum Gasteiger partial charge on any atom is 0.160 e. The molecule has 98 valence electrons. The first-order valence-electron chi connectivity index (χ1n) is 6.23. The van der Waals surface area contributed by atoms with Crippen LogP contribution in [0.4, 0.5) is 0 Å². The predicted molar refractivity (Wildman–Crippen MR) is 69.7 cm³/mol. The molecule has 0 heterocycles. The number of rotatable bonds is 6. The average Bonchev–Trinajstić information content (AvgIpc) is 2.36. The summed E-state index contributed by atoms with van der Waals surface area (Å²) in [6, 6.07) is 1.96. The van der Waals surface area contributed by atoms with Crippen molar-refractivity contribution in [1.29, 1.82) is 5.26 Å². The van der Waals surface area contributed by atoms with Gasteiger partial charge >= 0.3 is 0 Å². The molecule has 0 amide bonds. The topological polar surface area (TPSA) is 62.1 Å². The van der Waals surface area contributed by atoms with Gasteiger partial charge < -0.3 is 10.1 Å². The Kier molecular flexibility index (Phi) is 6.16. The lowest BCUT2D eigenvalue weighted by Gasteiger charge is -2.22. The molecular weight excluding hydrogens is 228 g/mol. The van der Waals surface area contributed by atoms with E-state index >= 15 is 0 Å². The summed E-state index contributed by atoms with van der Waals surface area (Å²) in [5.41, 5.74) is 2.20. The molecule has 4 nitrogen and oxygen atoms in total. The minimum absolute atomic E-state index is 0.248. The molecule has 4 heteroatoms. The summed E-state index contributed by atoms with van der Waals surface area (Å²) in [5, 5.41) is 12.2. The van der Waals surface area contributed by atoms with E-state index in [0.29, 0.717) is 12.2 Å². The van der Waals surface area contributed by atoms with E-state index in [2.05, 4.69) is 12.2 Å². The van der Waals surface area contributed by atoms with Gasteiger partial charge in [-0.15, -0.1) is 0 Å². The van der Waals surface area contributed by atoms with Crippen molar-refractivity contribution in [3.8, 4) is 6.07 Å². The van der Waals surface area contributed by atoms with Crippen LogP contribution in [0.3, 0.4) is 0 Å². The average molecular weight is 248 g/mol. The van der Waals surface area contributed by atoms with Crippen LogP contribution in [0.25, 0.3) is 0 Å². The van der Waals surface area contributed by atoms with Gasteiger partial charge in [-0.25, -0.2) is 0 Å². The summed E-state index contributed by atoms with van der Waals surface area (Å²) in [4.78, 5) is 10.8. The first-order chi connectivity index (χ1) is 8.71.